The Hall–Kier alpha value is -3.05. The molecule has 0 unspecified atom stereocenters. The molecule has 2 aromatic rings. The number of halogens is 1. The number of carboxylic acid groups (broad SMARTS) is 1. The third-order valence-corrected chi connectivity index (χ3v) is 4.72. The first kappa shape index (κ1) is 21.7. The molecule has 0 bridgehead atoms. The zero-order chi connectivity index (χ0) is 21.5. The summed E-state index contributed by atoms with van der Waals surface area (Å²) in [4.78, 5) is 28.4. The molecule has 1 aliphatic rings. The van der Waals surface area contributed by atoms with E-state index in [1.54, 1.807) is 0 Å². The van der Waals surface area contributed by atoms with Crippen LogP contribution in [-0.2, 0) is 11.3 Å². The molecule has 1 saturated heterocycles. The summed E-state index contributed by atoms with van der Waals surface area (Å²) >= 11 is 0. The van der Waals surface area contributed by atoms with Gasteiger partial charge in [-0.25, -0.2) is 9.18 Å². The molecule has 3 rings (SSSR count). The van der Waals surface area contributed by atoms with E-state index in [2.05, 4.69) is 15.5 Å². The van der Waals surface area contributed by atoms with Crippen molar-refractivity contribution in [1.82, 2.24) is 20.4 Å². The first-order chi connectivity index (χ1) is 14.5. The van der Waals surface area contributed by atoms with Gasteiger partial charge < -0.3 is 29.7 Å². The number of carbonyl (C=O) groups is 2. The molecule has 0 saturated carbocycles. The summed E-state index contributed by atoms with van der Waals surface area (Å²) in [6.45, 7) is 1.08. The second-order valence-electron chi connectivity index (χ2n) is 6.82. The highest BCUT2D eigenvalue weighted by Crippen LogP contribution is 2.21. The monoisotopic (exact) mass is 422 g/mol. The van der Waals surface area contributed by atoms with E-state index in [0.29, 0.717) is 37.9 Å². The number of ether oxygens (including phenoxy) is 1. The van der Waals surface area contributed by atoms with Crippen LogP contribution in [0.1, 0.15) is 35.5 Å². The zero-order valence-electron chi connectivity index (χ0n) is 16.2. The molecule has 3 N–H and O–H groups in total. The van der Waals surface area contributed by atoms with Crippen LogP contribution in [0.15, 0.2) is 22.7 Å². The van der Waals surface area contributed by atoms with Crippen LogP contribution in [-0.4, -0.2) is 69.6 Å². The first-order valence-electron chi connectivity index (χ1n) is 9.59. The summed E-state index contributed by atoms with van der Waals surface area (Å²) in [6.07, 6.45) is 0.520. The van der Waals surface area contributed by atoms with Crippen molar-refractivity contribution in [2.24, 2.45) is 0 Å². The fourth-order valence-corrected chi connectivity index (χ4v) is 3.05. The molecule has 0 aliphatic carbocycles. The first-order valence-corrected chi connectivity index (χ1v) is 9.59. The fourth-order valence-electron chi connectivity index (χ4n) is 3.05. The summed E-state index contributed by atoms with van der Waals surface area (Å²) in [5.41, 5.74) is 0.237. The quantitative estimate of drug-likeness (QED) is 0.546. The second kappa shape index (κ2) is 10.1. The fraction of sp³-hybridized carbons (Fsp3) is 0.474. The van der Waals surface area contributed by atoms with Gasteiger partial charge in [0.15, 0.2) is 0 Å². The SMILES string of the molecule is O=C(NCCCO)c1ccc(-c2noc(COC3CCN(C(=O)O)CC3)n2)cc1F. The number of nitrogens with one attached hydrogen (secondary N) is 1. The minimum Gasteiger partial charge on any atom is -0.465 e. The topological polar surface area (TPSA) is 138 Å². The van der Waals surface area contributed by atoms with Gasteiger partial charge in [0, 0.05) is 31.8 Å². The number of hydrogen-bond acceptors (Lipinski definition) is 7. The van der Waals surface area contributed by atoms with Crippen LogP contribution in [0.25, 0.3) is 11.4 Å². The van der Waals surface area contributed by atoms with Gasteiger partial charge in [-0.15, -0.1) is 0 Å². The van der Waals surface area contributed by atoms with Crippen LogP contribution in [0.2, 0.25) is 0 Å². The van der Waals surface area contributed by atoms with Crippen LogP contribution in [0, 0.1) is 5.82 Å². The Balaban J connectivity index is 1.55. The van der Waals surface area contributed by atoms with E-state index in [9.17, 15) is 14.0 Å². The molecule has 2 heterocycles. The Kier molecular flexibility index (Phi) is 7.31. The smallest absolute Gasteiger partial charge is 0.407 e. The van der Waals surface area contributed by atoms with Crippen LogP contribution in [0.5, 0.6) is 0 Å². The minimum atomic E-state index is -0.934. The van der Waals surface area contributed by atoms with E-state index in [4.69, 9.17) is 19.5 Å². The Morgan fingerprint density at radius 2 is 2.10 bits per heavy atom. The lowest BCUT2D eigenvalue weighted by Gasteiger charge is -2.29. The Morgan fingerprint density at radius 3 is 2.77 bits per heavy atom. The number of rotatable bonds is 8. The van der Waals surface area contributed by atoms with Crippen LogP contribution < -0.4 is 5.32 Å². The number of aromatic nitrogens is 2. The molecule has 1 fully saturated rings. The van der Waals surface area contributed by atoms with Crippen LogP contribution >= 0.6 is 0 Å². The van der Waals surface area contributed by atoms with Crippen molar-refractivity contribution in [1.29, 1.82) is 0 Å². The molecule has 1 aromatic heterocycles. The molecule has 0 spiro atoms. The molecule has 10 nitrogen and oxygen atoms in total. The van der Waals surface area contributed by atoms with Gasteiger partial charge in [-0.05, 0) is 31.4 Å². The number of benzene rings is 1. The molecule has 1 aliphatic heterocycles. The van der Waals surface area contributed by atoms with Crippen LogP contribution in [0.3, 0.4) is 0 Å². The van der Waals surface area contributed by atoms with Crippen LogP contribution in [0.4, 0.5) is 9.18 Å². The third kappa shape index (κ3) is 5.51. The normalized spacial score (nSPS) is 14.7. The number of carbonyl (C=O) groups excluding carboxylic acids is 1. The molecule has 162 valence electrons. The molecule has 11 heteroatoms. The van der Waals surface area contributed by atoms with E-state index in [1.165, 1.54) is 17.0 Å². The van der Waals surface area contributed by atoms with Crippen molar-refractivity contribution >= 4 is 12.0 Å². The number of aliphatic hydroxyl groups is 1. The summed E-state index contributed by atoms with van der Waals surface area (Å²) in [6, 6.07) is 4.00. The van der Waals surface area contributed by atoms with Crippen molar-refractivity contribution in [2.75, 3.05) is 26.2 Å². The van der Waals surface area contributed by atoms with Crippen molar-refractivity contribution in [2.45, 2.75) is 32.0 Å². The highest BCUT2D eigenvalue weighted by atomic mass is 19.1. The van der Waals surface area contributed by atoms with Crippen molar-refractivity contribution in [3.63, 3.8) is 0 Å². The summed E-state index contributed by atoms with van der Waals surface area (Å²) in [5, 5.41) is 24.0. The van der Waals surface area contributed by atoms with Gasteiger partial charge >= 0.3 is 6.09 Å². The Labute approximate surface area is 171 Å². The number of likely N-dealkylation sites (tertiary alicyclic amines) is 1. The molecule has 2 amide bonds. The summed E-state index contributed by atoms with van der Waals surface area (Å²) in [7, 11) is 0. The Morgan fingerprint density at radius 1 is 1.33 bits per heavy atom. The average molecular weight is 422 g/mol. The highest BCUT2D eigenvalue weighted by Gasteiger charge is 2.23. The maximum absolute atomic E-state index is 14.3. The molecular weight excluding hydrogens is 399 g/mol. The molecule has 1 aromatic carbocycles. The molecule has 30 heavy (non-hydrogen) atoms. The number of piperidine rings is 1. The number of nitrogens with zero attached hydrogens (tertiary/aromatic N) is 3. The maximum atomic E-state index is 14.3. The summed E-state index contributed by atoms with van der Waals surface area (Å²) < 4.78 is 25.2. The van der Waals surface area contributed by atoms with E-state index in [-0.39, 0.29) is 43.1 Å². The van der Waals surface area contributed by atoms with Crippen molar-refractivity contribution in [3.05, 3.63) is 35.5 Å². The van der Waals surface area contributed by atoms with Gasteiger partial charge in [-0.2, -0.15) is 4.98 Å². The number of amides is 2. The van der Waals surface area contributed by atoms with E-state index in [0.717, 1.165) is 6.07 Å². The van der Waals surface area contributed by atoms with Gasteiger partial charge in [0.2, 0.25) is 5.82 Å². The van der Waals surface area contributed by atoms with E-state index in [1.807, 2.05) is 0 Å². The lowest BCUT2D eigenvalue weighted by atomic mass is 10.1. The third-order valence-electron chi connectivity index (χ3n) is 4.72. The van der Waals surface area contributed by atoms with Crippen molar-refractivity contribution in [3.8, 4) is 11.4 Å². The van der Waals surface area contributed by atoms with Gasteiger partial charge in [0.25, 0.3) is 11.8 Å². The second-order valence-corrected chi connectivity index (χ2v) is 6.82. The standard InChI is InChI=1S/C19H23FN4O6/c20-15-10-12(2-3-14(15)18(26)21-6-1-9-25)17-22-16(30-23-17)11-29-13-4-7-24(8-5-13)19(27)28/h2-3,10,13,25H,1,4-9,11H2,(H,21,26)(H,27,28). The van der Waals surface area contributed by atoms with E-state index < -0.39 is 17.8 Å². The number of aliphatic hydroxyl groups excluding tert-OH is 1. The Bertz CT molecular complexity index is 882. The maximum Gasteiger partial charge on any atom is 0.407 e. The highest BCUT2D eigenvalue weighted by molar-refractivity contribution is 5.94. The lowest BCUT2D eigenvalue weighted by Crippen LogP contribution is -2.40. The molecular formula is C19H23FN4O6. The lowest BCUT2D eigenvalue weighted by molar-refractivity contribution is -0.00953. The van der Waals surface area contributed by atoms with Gasteiger partial charge in [0.1, 0.15) is 12.4 Å². The number of hydrogen-bond donors (Lipinski definition) is 3. The molecule has 0 atom stereocenters. The predicted octanol–water partition coefficient (Wildman–Crippen LogP) is 1.65. The van der Waals surface area contributed by atoms with E-state index >= 15 is 0 Å². The largest absolute Gasteiger partial charge is 0.465 e. The minimum absolute atomic E-state index is 0.0624. The van der Waals surface area contributed by atoms with Gasteiger partial charge in [-0.3, -0.25) is 4.79 Å². The average Bonchev–Trinajstić information content (AvgIpc) is 3.21. The zero-order valence-corrected chi connectivity index (χ0v) is 16.2. The van der Waals surface area contributed by atoms with Crippen molar-refractivity contribution < 1.29 is 33.5 Å². The molecule has 0 radical (unpaired) electrons. The predicted molar refractivity (Wildman–Crippen MR) is 101 cm³/mol. The van der Waals surface area contributed by atoms with Gasteiger partial charge in [0.05, 0.1) is 11.7 Å². The summed E-state index contributed by atoms with van der Waals surface area (Å²) in [5.74, 6) is -0.900. The van der Waals surface area contributed by atoms with Gasteiger partial charge in [-0.1, -0.05) is 11.2 Å².